The average molecular weight is 288 g/mol. The highest BCUT2D eigenvalue weighted by atomic mass is 28.4. The molecule has 0 aromatic heterocycles. The van der Waals surface area contributed by atoms with Gasteiger partial charge in [-0.15, -0.1) is 0 Å². The van der Waals surface area contributed by atoms with Gasteiger partial charge in [-0.25, -0.2) is 0 Å². The van der Waals surface area contributed by atoms with E-state index in [1.54, 1.807) is 0 Å². The fourth-order valence-electron chi connectivity index (χ4n) is 2.58. The summed E-state index contributed by atoms with van der Waals surface area (Å²) >= 11 is 0. The predicted molar refractivity (Wildman–Crippen MR) is 83.9 cm³/mol. The lowest BCUT2D eigenvalue weighted by molar-refractivity contribution is 0.540. The van der Waals surface area contributed by atoms with Crippen LogP contribution in [0.4, 0.5) is 0 Å². The van der Waals surface area contributed by atoms with E-state index in [-0.39, 0.29) is 0 Å². The molecule has 100 valence electrons. The molecule has 0 fully saturated rings. The van der Waals surface area contributed by atoms with E-state index in [1.165, 1.54) is 5.67 Å². The van der Waals surface area contributed by atoms with Crippen molar-refractivity contribution in [2.45, 2.75) is 70.4 Å². The maximum absolute atomic E-state index is 8.67. The zero-order valence-electron chi connectivity index (χ0n) is 12.7. The average Bonchev–Trinajstić information content (AvgIpc) is 1.96. The summed E-state index contributed by atoms with van der Waals surface area (Å²) in [6.45, 7) is 16.5. The summed E-state index contributed by atoms with van der Waals surface area (Å²) in [5.74, 6) is 0. The van der Waals surface area contributed by atoms with Gasteiger partial charge < -0.3 is 4.12 Å². The Morgan fingerprint density at radius 1 is 1.00 bits per heavy atom. The number of rotatable bonds is 7. The van der Waals surface area contributed by atoms with E-state index in [2.05, 4.69) is 51.9 Å². The van der Waals surface area contributed by atoms with Gasteiger partial charge in [0.1, 0.15) is 0 Å². The van der Waals surface area contributed by atoms with Crippen molar-refractivity contribution in [3.05, 3.63) is 0 Å². The third-order valence-corrected chi connectivity index (χ3v) is 15.5. The van der Waals surface area contributed by atoms with Crippen LogP contribution >= 0.6 is 0 Å². The molecule has 0 aliphatic heterocycles. The van der Waals surface area contributed by atoms with Gasteiger partial charge in [0.2, 0.25) is 0 Å². The topological polar surface area (TPSA) is 33.0 Å². The molecule has 17 heavy (non-hydrogen) atoms. The summed E-state index contributed by atoms with van der Waals surface area (Å²) in [6.07, 6.45) is 1.71. The van der Waals surface area contributed by atoms with Crippen LogP contribution in [0.3, 0.4) is 0 Å². The van der Waals surface area contributed by atoms with Crippen LogP contribution in [0, 0.1) is 11.3 Å². The first-order chi connectivity index (χ1) is 7.47. The summed E-state index contributed by atoms with van der Waals surface area (Å²) in [7, 11) is -4.11. The minimum Gasteiger partial charge on any atom is -0.456 e. The fourth-order valence-corrected chi connectivity index (χ4v) is 20.4. The maximum Gasteiger partial charge on any atom is 0.173 e. The molecule has 0 bridgehead atoms. The Labute approximate surface area is 111 Å². The minimum absolute atomic E-state index is 0.684. The lowest BCUT2D eigenvalue weighted by Crippen LogP contribution is -2.49. The molecule has 0 heterocycles. The van der Waals surface area contributed by atoms with Crippen LogP contribution < -0.4 is 0 Å². The van der Waals surface area contributed by atoms with Gasteiger partial charge in [-0.3, -0.25) is 0 Å². The lowest BCUT2D eigenvalue weighted by atomic mass is 10.4. The van der Waals surface area contributed by atoms with E-state index in [9.17, 15) is 0 Å². The molecule has 0 aromatic rings. The zero-order chi connectivity index (χ0) is 13.7. The fraction of sp³-hybridized carbons (Fsp3) is 0.917. The second-order valence-electron chi connectivity index (χ2n) is 7.41. The molecular weight excluding hydrogens is 258 g/mol. The molecular formula is C12H29NOSi3. The van der Waals surface area contributed by atoms with Crippen molar-refractivity contribution in [1.82, 2.24) is 0 Å². The second kappa shape index (κ2) is 6.32. The molecule has 1 atom stereocenters. The molecule has 0 saturated heterocycles. The molecule has 2 nitrogen and oxygen atoms in total. The molecule has 0 radical (unpaired) electrons. The monoisotopic (exact) mass is 287 g/mol. The highest BCUT2D eigenvalue weighted by molar-refractivity contribution is 6.96. The molecule has 1 unspecified atom stereocenters. The quantitative estimate of drug-likeness (QED) is 0.506. The van der Waals surface area contributed by atoms with Crippen molar-refractivity contribution in [3.63, 3.8) is 0 Å². The molecule has 0 aliphatic rings. The Balaban J connectivity index is 4.64. The van der Waals surface area contributed by atoms with E-state index in [0.29, 0.717) is 6.42 Å². The van der Waals surface area contributed by atoms with E-state index >= 15 is 0 Å². The van der Waals surface area contributed by atoms with Crippen LogP contribution in [-0.4, -0.2) is 24.7 Å². The smallest absolute Gasteiger partial charge is 0.173 e. The summed E-state index contributed by atoms with van der Waals surface area (Å²) in [5.41, 5.74) is 1.33. The van der Waals surface area contributed by atoms with Crippen LogP contribution in [-0.2, 0) is 4.12 Å². The molecule has 0 spiro atoms. The van der Waals surface area contributed by atoms with Gasteiger partial charge in [-0.05, 0) is 44.3 Å². The maximum atomic E-state index is 8.67. The summed E-state index contributed by atoms with van der Waals surface area (Å²) in [4.78, 5) is 0. The first-order valence-electron chi connectivity index (χ1n) is 6.55. The van der Waals surface area contributed by atoms with Gasteiger partial charge in [0.05, 0.1) is 6.07 Å². The van der Waals surface area contributed by atoms with Gasteiger partial charge >= 0.3 is 0 Å². The SMILES string of the molecule is C[Si](C)(C)C[Si](C)(CCCC#N)O[Si](C)(C)C. The van der Waals surface area contributed by atoms with Crippen molar-refractivity contribution < 1.29 is 4.12 Å². The Bertz CT molecular complexity index is 257. The van der Waals surface area contributed by atoms with E-state index in [4.69, 9.17) is 9.38 Å². The molecule has 0 aromatic carbocycles. The summed E-state index contributed by atoms with van der Waals surface area (Å²) < 4.78 is 6.55. The minimum atomic E-state index is -1.59. The Kier molecular flexibility index (Phi) is 6.36. The molecule has 0 saturated carbocycles. The standard InChI is InChI=1S/C12H29NOSi3/c1-15(2,3)12-17(7,11-9-8-10-13)14-16(4,5)6/h8-9,11-12H2,1-7H3. The van der Waals surface area contributed by atoms with Crippen LogP contribution in [0.25, 0.3) is 0 Å². The van der Waals surface area contributed by atoms with E-state index in [1.807, 2.05) is 0 Å². The van der Waals surface area contributed by atoms with E-state index < -0.39 is 24.7 Å². The van der Waals surface area contributed by atoms with Crippen molar-refractivity contribution in [1.29, 1.82) is 5.26 Å². The summed E-state index contributed by atoms with van der Waals surface area (Å²) in [6, 6.07) is 3.42. The molecule has 0 aliphatic carbocycles. The van der Waals surface area contributed by atoms with Crippen molar-refractivity contribution >= 4 is 24.7 Å². The van der Waals surface area contributed by atoms with Gasteiger partial charge in [0.15, 0.2) is 16.6 Å². The van der Waals surface area contributed by atoms with Crippen LogP contribution in [0.5, 0.6) is 0 Å². The van der Waals surface area contributed by atoms with Crippen molar-refractivity contribution in [2.75, 3.05) is 0 Å². The van der Waals surface area contributed by atoms with Gasteiger partial charge in [-0.1, -0.05) is 19.6 Å². The second-order valence-corrected chi connectivity index (χ2v) is 22.4. The first kappa shape index (κ1) is 17.1. The first-order valence-corrected chi connectivity index (χ1v) is 16.5. The van der Waals surface area contributed by atoms with Gasteiger partial charge in [0, 0.05) is 14.5 Å². The number of unbranched alkanes of at least 4 members (excludes halogenated alkanes) is 1. The highest BCUT2D eigenvalue weighted by Crippen LogP contribution is 2.29. The predicted octanol–water partition coefficient (Wildman–Crippen LogP) is 4.59. The van der Waals surface area contributed by atoms with Crippen LogP contribution in [0.2, 0.25) is 57.5 Å². The van der Waals surface area contributed by atoms with Crippen molar-refractivity contribution in [3.8, 4) is 6.07 Å². The van der Waals surface area contributed by atoms with Crippen LogP contribution in [0.15, 0.2) is 0 Å². The zero-order valence-corrected chi connectivity index (χ0v) is 15.7. The molecule has 0 N–H and O–H groups in total. The van der Waals surface area contributed by atoms with Crippen molar-refractivity contribution in [2.24, 2.45) is 0 Å². The van der Waals surface area contributed by atoms with Crippen LogP contribution in [0.1, 0.15) is 12.8 Å². The Morgan fingerprint density at radius 3 is 1.88 bits per heavy atom. The summed E-state index contributed by atoms with van der Waals surface area (Å²) in [5, 5.41) is 8.67. The molecule has 5 heteroatoms. The number of nitrogens with zero attached hydrogens (tertiary/aromatic N) is 1. The molecule has 0 amide bonds. The van der Waals surface area contributed by atoms with Gasteiger partial charge in [0.25, 0.3) is 0 Å². The number of nitriles is 1. The van der Waals surface area contributed by atoms with E-state index in [0.717, 1.165) is 12.5 Å². The Morgan fingerprint density at radius 2 is 1.53 bits per heavy atom. The third kappa shape index (κ3) is 9.77. The lowest BCUT2D eigenvalue weighted by Gasteiger charge is -2.38. The normalized spacial score (nSPS) is 16.4. The molecule has 0 rings (SSSR count). The Hall–Kier alpha value is 0.101. The van der Waals surface area contributed by atoms with Gasteiger partial charge in [-0.2, -0.15) is 5.26 Å². The largest absolute Gasteiger partial charge is 0.456 e. The third-order valence-electron chi connectivity index (χ3n) is 2.45. The number of hydrogen-bond donors (Lipinski definition) is 0. The highest BCUT2D eigenvalue weighted by Gasteiger charge is 2.37. The number of hydrogen-bond acceptors (Lipinski definition) is 2.